The molecule has 0 spiro atoms. The van der Waals surface area contributed by atoms with Gasteiger partial charge in [0.1, 0.15) is 0 Å². The van der Waals surface area contributed by atoms with Crippen LogP contribution in [0.1, 0.15) is 55.1 Å². The molecule has 1 aliphatic carbocycles. The van der Waals surface area contributed by atoms with Gasteiger partial charge in [0.25, 0.3) is 0 Å². The van der Waals surface area contributed by atoms with Crippen LogP contribution in [-0.2, 0) is 9.59 Å². The maximum atomic E-state index is 13.2. The lowest BCUT2D eigenvalue weighted by atomic mass is 9.80. The molecule has 2 aliphatic rings. The fourth-order valence-corrected chi connectivity index (χ4v) is 4.58. The largest absolute Gasteiger partial charge is 0.342 e. The second-order valence-electron chi connectivity index (χ2n) is 7.76. The molecule has 2 aromatic rings. The number of likely N-dealkylation sites (N-methyl/N-ethyl adjacent to an activating group) is 1. The molecule has 4 rings (SSSR count). The number of hydrogen-bond acceptors (Lipinski definition) is 2. The Labute approximate surface area is 160 Å². The molecule has 4 nitrogen and oxygen atoms in total. The highest BCUT2D eigenvalue weighted by molar-refractivity contribution is 6.01. The second-order valence-corrected chi connectivity index (χ2v) is 7.76. The quantitative estimate of drug-likeness (QED) is 0.885. The highest BCUT2D eigenvalue weighted by Gasteiger charge is 2.35. The van der Waals surface area contributed by atoms with E-state index in [-0.39, 0.29) is 30.2 Å². The number of anilines is 1. The van der Waals surface area contributed by atoms with Crippen LogP contribution in [0.4, 0.5) is 5.69 Å². The molecule has 0 aromatic heterocycles. The Kier molecular flexibility index (Phi) is 4.97. The highest BCUT2D eigenvalue weighted by Crippen LogP contribution is 2.37. The standard InChI is InChI=1S/C23H26N2O2/c1-25(18-13-11-17(12-14-18)16-7-3-2-4-8-16)23(27)20-15-22(26)24-21-10-6-5-9-19(20)21/h2-10,17-18,20H,11-15H2,1H3,(H,24,26). The fraction of sp³-hybridized carbons (Fsp3) is 0.391. The van der Waals surface area contributed by atoms with Gasteiger partial charge in [-0.05, 0) is 48.8 Å². The molecule has 1 N–H and O–H groups in total. The predicted molar refractivity (Wildman–Crippen MR) is 107 cm³/mol. The first kappa shape index (κ1) is 17.8. The van der Waals surface area contributed by atoms with E-state index >= 15 is 0 Å². The van der Waals surface area contributed by atoms with E-state index in [2.05, 4.69) is 35.6 Å². The number of benzene rings is 2. The molecule has 1 saturated carbocycles. The van der Waals surface area contributed by atoms with Crippen LogP contribution in [0.15, 0.2) is 54.6 Å². The topological polar surface area (TPSA) is 49.4 Å². The summed E-state index contributed by atoms with van der Waals surface area (Å²) in [5, 5.41) is 2.88. The van der Waals surface area contributed by atoms with Crippen molar-refractivity contribution in [1.29, 1.82) is 0 Å². The zero-order valence-electron chi connectivity index (χ0n) is 15.7. The van der Waals surface area contributed by atoms with Crippen LogP contribution in [-0.4, -0.2) is 29.8 Å². The van der Waals surface area contributed by atoms with Crippen LogP contribution in [0.25, 0.3) is 0 Å². The zero-order chi connectivity index (χ0) is 18.8. The fourth-order valence-electron chi connectivity index (χ4n) is 4.58. The molecule has 0 saturated heterocycles. The van der Waals surface area contributed by atoms with Gasteiger partial charge in [-0.25, -0.2) is 0 Å². The van der Waals surface area contributed by atoms with Gasteiger partial charge >= 0.3 is 0 Å². The summed E-state index contributed by atoms with van der Waals surface area (Å²) < 4.78 is 0. The number of nitrogens with zero attached hydrogens (tertiary/aromatic N) is 1. The number of hydrogen-bond donors (Lipinski definition) is 1. The van der Waals surface area contributed by atoms with Crippen molar-refractivity contribution in [2.24, 2.45) is 0 Å². The van der Waals surface area contributed by atoms with Crippen molar-refractivity contribution in [2.75, 3.05) is 12.4 Å². The number of fused-ring (bicyclic) bond motifs is 1. The van der Waals surface area contributed by atoms with Crippen molar-refractivity contribution in [3.05, 3.63) is 65.7 Å². The zero-order valence-corrected chi connectivity index (χ0v) is 15.7. The van der Waals surface area contributed by atoms with E-state index in [4.69, 9.17) is 0 Å². The average molecular weight is 362 g/mol. The van der Waals surface area contributed by atoms with Gasteiger partial charge in [0.05, 0.1) is 5.92 Å². The Morgan fingerprint density at radius 3 is 2.37 bits per heavy atom. The number of nitrogens with one attached hydrogen (secondary N) is 1. The summed E-state index contributed by atoms with van der Waals surface area (Å²) in [4.78, 5) is 27.2. The maximum Gasteiger partial charge on any atom is 0.230 e. The lowest BCUT2D eigenvalue weighted by Crippen LogP contribution is -2.43. The van der Waals surface area contributed by atoms with Crippen LogP contribution in [0.2, 0.25) is 0 Å². The van der Waals surface area contributed by atoms with Crippen LogP contribution in [0.5, 0.6) is 0 Å². The number of rotatable bonds is 3. The molecular weight excluding hydrogens is 336 g/mol. The molecule has 1 fully saturated rings. The molecule has 0 bridgehead atoms. The van der Waals surface area contributed by atoms with E-state index in [1.807, 2.05) is 36.2 Å². The van der Waals surface area contributed by atoms with Crippen molar-refractivity contribution >= 4 is 17.5 Å². The molecular formula is C23H26N2O2. The average Bonchev–Trinajstić information content (AvgIpc) is 2.73. The molecule has 140 valence electrons. The summed E-state index contributed by atoms with van der Waals surface area (Å²) in [5.74, 6) is 0.215. The molecule has 4 heteroatoms. The Hall–Kier alpha value is -2.62. The number of para-hydroxylation sites is 1. The van der Waals surface area contributed by atoms with Gasteiger partial charge in [0, 0.05) is 25.2 Å². The number of carbonyl (C=O) groups is 2. The summed E-state index contributed by atoms with van der Waals surface area (Å²) in [5.41, 5.74) is 3.11. The summed E-state index contributed by atoms with van der Waals surface area (Å²) in [6.07, 6.45) is 4.48. The molecule has 2 aromatic carbocycles. The number of amides is 2. The van der Waals surface area contributed by atoms with Crippen LogP contribution >= 0.6 is 0 Å². The van der Waals surface area contributed by atoms with Gasteiger partial charge in [-0.2, -0.15) is 0 Å². The van der Waals surface area contributed by atoms with Crippen molar-refractivity contribution < 1.29 is 9.59 Å². The Morgan fingerprint density at radius 2 is 1.63 bits per heavy atom. The molecule has 1 aliphatic heterocycles. The smallest absolute Gasteiger partial charge is 0.230 e. The van der Waals surface area contributed by atoms with Gasteiger partial charge in [0.2, 0.25) is 11.8 Å². The van der Waals surface area contributed by atoms with Crippen molar-refractivity contribution in [1.82, 2.24) is 4.90 Å². The monoisotopic (exact) mass is 362 g/mol. The van der Waals surface area contributed by atoms with Crippen LogP contribution in [0.3, 0.4) is 0 Å². The minimum atomic E-state index is -0.369. The van der Waals surface area contributed by atoms with E-state index in [0.29, 0.717) is 5.92 Å². The van der Waals surface area contributed by atoms with Gasteiger partial charge in [-0.15, -0.1) is 0 Å². The van der Waals surface area contributed by atoms with Crippen LogP contribution in [0, 0.1) is 0 Å². The van der Waals surface area contributed by atoms with Crippen molar-refractivity contribution in [3.63, 3.8) is 0 Å². The highest BCUT2D eigenvalue weighted by atomic mass is 16.2. The Balaban J connectivity index is 1.44. The summed E-state index contributed by atoms with van der Waals surface area (Å²) in [6.45, 7) is 0. The third-order valence-corrected chi connectivity index (χ3v) is 6.16. The van der Waals surface area contributed by atoms with Gasteiger partial charge in [0.15, 0.2) is 0 Å². The third kappa shape index (κ3) is 3.61. The molecule has 1 heterocycles. The van der Waals surface area contributed by atoms with E-state index in [0.717, 1.165) is 36.9 Å². The molecule has 27 heavy (non-hydrogen) atoms. The minimum Gasteiger partial charge on any atom is -0.342 e. The van der Waals surface area contributed by atoms with Gasteiger partial charge < -0.3 is 10.2 Å². The maximum absolute atomic E-state index is 13.2. The minimum absolute atomic E-state index is 0.0699. The lowest BCUT2D eigenvalue weighted by Gasteiger charge is -2.37. The van der Waals surface area contributed by atoms with E-state index < -0.39 is 0 Å². The Morgan fingerprint density at radius 1 is 0.963 bits per heavy atom. The summed E-state index contributed by atoms with van der Waals surface area (Å²) >= 11 is 0. The van der Waals surface area contributed by atoms with E-state index in [9.17, 15) is 9.59 Å². The Bertz CT molecular complexity index is 825. The first-order valence-corrected chi connectivity index (χ1v) is 9.84. The van der Waals surface area contributed by atoms with Crippen molar-refractivity contribution in [3.8, 4) is 0 Å². The molecule has 1 atom stereocenters. The van der Waals surface area contributed by atoms with E-state index in [1.54, 1.807) is 0 Å². The first-order chi connectivity index (χ1) is 13.1. The second kappa shape index (κ2) is 7.55. The first-order valence-electron chi connectivity index (χ1n) is 9.84. The van der Waals surface area contributed by atoms with Crippen LogP contribution < -0.4 is 5.32 Å². The van der Waals surface area contributed by atoms with Gasteiger partial charge in [-0.1, -0.05) is 48.5 Å². The van der Waals surface area contributed by atoms with Crippen molar-refractivity contribution in [2.45, 2.75) is 50.0 Å². The SMILES string of the molecule is CN(C(=O)C1CC(=O)Nc2ccccc21)C1CCC(c2ccccc2)CC1. The third-order valence-electron chi connectivity index (χ3n) is 6.16. The summed E-state index contributed by atoms with van der Waals surface area (Å²) in [6, 6.07) is 18.6. The molecule has 2 amide bonds. The lowest BCUT2D eigenvalue weighted by molar-refractivity contribution is -0.136. The molecule has 0 radical (unpaired) electrons. The van der Waals surface area contributed by atoms with E-state index in [1.165, 1.54) is 5.56 Å². The normalized spacial score (nSPS) is 24.6. The number of carbonyl (C=O) groups excluding carboxylic acids is 2. The molecule has 1 unspecified atom stereocenters. The summed E-state index contributed by atoms with van der Waals surface area (Å²) in [7, 11) is 1.91. The predicted octanol–water partition coefficient (Wildman–Crippen LogP) is 4.30. The van der Waals surface area contributed by atoms with Gasteiger partial charge in [-0.3, -0.25) is 9.59 Å².